The van der Waals surface area contributed by atoms with Crippen LogP contribution in [0.3, 0.4) is 0 Å². The van der Waals surface area contributed by atoms with E-state index in [1.807, 2.05) is 0 Å². The number of rotatable bonds is 6. The second-order valence-corrected chi connectivity index (χ2v) is 3.99. The average molecular weight is 243 g/mol. The van der Waals surface area contributed by atoms with Gasteiger partial charge < -0.3 is 14.6 Å². The molecule has 0 bridgehead atoms. The molecule has 0 fully saturated rings. The molecule has 0 radical (unpaired) electrons. The molecule has 0 aliphatic heterocycles. The largest absolute Gasteiger partial charge is 0.477 e. The molecule has 1 rings (SSSR count). The van der Waals surface area contributed by atoms with Gasteiger partial charge in [0.1, 0.15) is 5.69 Å². The third-order valence-electron chi connectivity index (χ3n) is 1.86. The fourth-order valence-electron chi connectivity index (χ4n) is 1.01. The molecule has 0 aliphatic carbocycles. The Morgan fingerprint density at radius 2 is 2.25 bits per heavy atom. The first-order valence-electron chi connectivity index (χ1n) is 4.55. The van der Waals surface area contributed by atoms with Crippen LogP contribution in [0.15, 0.2) is 23.2 Å². The van der Waals surface area contributed by atoms with Gasteiger partial charge in [0, 0.05) is 31.1 Å². The van der Waals surface area contributed by atoms with Gasteiger partial charge in [0.2, 0.25) is 0 Å². The lowest BCUT2D eigenvalue weighted by molar-refractivity contribution is -0.0842. The summed E-state index contributed by atoms with van der Waals surface area (Å²) < 4.78 is 10.0. The van der Waals surface area contributed by atoms with Gasteiger partial charge in [-0.25, -0.2) is 9.78 Å². The van der Waals surface area contributed by atoms with E-state index in [2.05, 4.69) is 4.98 Å². The monoisotopic (exact) mass is 243 g/mol. The van der Waals surface area contributed by atoms with Crippen molar-refractivity contribution in [2.75, 3.05) is 20.0 Å². The molecular formula is C10H13NO4S. The molecule has 0 saturated heterocycles. The minimum Gasteiger partial charge on any atom is -0.477 e. The highest BCUT2D eigenvalue weighted by Gasteiger charge is 2.08. The van der Waals surface area contributed by atoms with Crippen LogP contribution in [-0.4, -0.2) is 42.3 Å². The Hall–Kier alpha value is -1.11. The van der Waals surface area contributed by atoms with E-state index in [-0.39, 0.29) is 12.0 Å². The highest BCUT2D eigenvalue weighted by atomic mass is 32.2. The molecule has 0 aliphatic rings. The number of hydrogen-bond acceptors (Lipinski definition) is 5. The second-order valence-electron chi connectivity index (χ2n) is 2.89. The standard InChI is InChI=1S/C10H13NO4S/c1-14-9(15-2)6-16-7-3-4-11-8(5-7)10(12)13/h3-5,9H,6H2,1-2H3,(H,12,13). The Kier molecular flexibility index (Phi) is 5.24. The summed E-state index contributed by atoms with van der Waals surface area (Å²) in [6, 6.07) is 3.27. The predicted molar refractivity (Wildman–Crippen MR) is 59.7 cm³/mol. The molecule has 0 saturated carbocycles. The molecule has 0 unspecified atom stereocenters. The van der Waals surface area contributed by atoms with Crippen molar-refractivity contribution in [3.05, 3.63) is 24.0 Å². The molecule has 0 aromatic carbocycles. The molecule has 88 valence electrons. The number of ether oxygens (including phenoxy) is 2. The lowest BCUT2D eigenvalue weighted by Gasteiger charge is -2.12. The van der Waals surface area contributed by atoms with Crippen molar-refractivity contribution < 1.29 is 19.4 Å². The summed E-state index contributed by atoms with van der Waals surface area (Å²) in [5.41, 5.74) is 0.0383. The smallest absolute Gasteiger partial charge is 0.354 e. The number of thioether (sulfide) groups is 1. The van der Waals surface area contributed by atoms with Crippen molar-refractivity contribution in [3.63, 3.8) is 0 Å². The molecule has 1 aromatic heterocycles. The molecule has 16 heavy (non-hydrogen) atoms. The van der Waals surface area contributed by atoms with Crippen LogP contribution in [0.1, 0.15) is 10.5 Å². The molecule has 1 aromatic rings. The van der Waals surface area contributed by atoms with Crippen LogP contribution in [-0.2, 0) is 9.47 Å². The highest BCUT2D eigenvalue weighted by Crippen LogP contribution is 2.19. The molecule has 6 heteroatoms. The van der Waals surface area contributed by atoms with E-state index in [0.717, 1.165) is 4.90 Å². The lowest BCUT2D eigenvalue weighted by atomic mass is 10.3. The summed E-state index contributed by atoms with van der Waals surface area (Å²) in [5, 5.41) is 8.76. The minimum absolute atomic E-state index is 0.0383. The molecule has 1 N–H and O–H groups in total. The van der Waals surface area contributed by atoms with Crippen molar-refractivity contribution >= 4 is 17.7 Å². The highest BCUT2D eigenvalue weighted by molar-refractivity contribution is 7.99. The van der Waals surface area contributed by atoms with Crippen LogP contribution < -0.4 is 0 Å². The Balaban J connectivity index is 2.60. The van der Waals surface area contributed by atoms with Gasteiger partial charge in [0.15, 0.2) is 6.29 Å². The normalized spacial score (nSPS) is 10.7. The van der Waals surface area contributed by atoms with Crippen molar-refractivity contribution in [1.82, 2.24) is 4.98 Å². The van der Waals surface area contributed by atoms with Crippen molar-refractivity contribution in [2.45, 2.75) is 11.2 Å². The fourth-order valence-corrected chi connectivity index (χ4v) is 1.97. The van der Waals surface area contributed by atoms with E-state index >= 15 is 0 Å². The molecule has 1 heterocycles. The summed E-state index contributed by atoms with van der Waals surface area (Å²) in [6.45, 7) is 0. The van der Waals surface area contributed by atoms with Gasteiger partial charge in [-0.05, 0) is 12.1 Å². The van der Waals surface area contributed by atoms with E-state index in [1.54, 1.807) is 20.3 Å². The number of methoxy groups -OCH3 is 2. The third kappa shape index (κ3) is 3.80. The Morgan fingerprint density at radius 3 is 2.81 bits per heavy atom. The first-order chi connectivity index (χ1) is 7.67. The number of pyridine rings is 1. The summed E-state index contributed by atoms with van der Waals surface area (Å²) in [4.78, 5) is 15.2. The first kappa shape index (κ1) is 13.0. The van der Waals surface area contributed by atoms with E-state index in [1.165, 1.54) is 24.0 Å². The van der Waals surface area contributed by atoms with Crippen LogP contribution in [0.4, 0.5) is 0 Å². The van der Waals surface area contributed by atoms with Gasteiger partial charge in [0.05, 0.1) is 0 Å². The quantitative estimate of drug-likeness (QED) is 0.603. The number of hydrogen-bond donors (Lipinski definition) is 1. The predicted octanol–water partition coefficient (Wildman–Crippen LogP) is 1.49. The number of aromatic carboxylic acids is 1. The molecule has 0 atom stereocenters. The van der Waals surface area contributed by atoms with Crippen molar-refractivity contribution in [2.24, 2.45) is 0 Å². The van der Waals surface area contributed by atoms with E-state index in [9.17, 15) is 4.79 Å². The van der Waals surface area contributed by atoms with Crippen molar-refractivity contribution in [1.29, 1.82) is 0 Å². The topological polar surface area (TPSA) is 68.7 Å². The lowest BCUT2D eigenvalue weighted by Crippen LogP contribution is -2.15. The van der Waals surface area contributed by atoms with Crippen LogP contribution in [0, 0.1) is 0 Å². The van der Waals surface area contributed by atoms with E-state index in [0.29, 0.717) is 5.75 Å². The van der Waals surface area contributed by atoms with Crippen LogP contribution >= 0.6 is 11.8 Å². The summed E-state index contributed by atoms with van der Waals surface area (Å²) in [7, 11) is 3.12. The first-order valence-corrected chi connectivity index (χ1v) is 5.53. The average Bonchev–Trinajstić information content (AvgIpc) is 2.31. The molecule has 0 spiro atoms. The van der Waals surface area contributed by atoms with Crippen molar-refractivity contribution in [3.8, 4) is 0 Å². The zero-order chi connectivity index (χ0) is 12.0. The van der Waals surface area contributed by atoms with E-state index in [4.69, 9.17) is 14.6 Å². The summed E-state index contributed by atoms with van der Waals surface area (Å²) in [5.74, 6) is -0.437. The maximum Gasteiger partial charge on any atom is 0.354 e. The van der Waals surface area contributed by atoms with Crippen LogP contribution in [0.2, 0.25) is 0 Å². The third-order valence-corrected chi connectivity index (χ3v) is 2.89. The van der Waals surface area contributed by atoms with Gasteiger partial charge in [0.25, 0.3) is 0 Å². The maximum atomic E-state index is 10.7. The zero-order valence-corrected chi connectivity index (χ0v) is 9.86. The molecule has 0 amide bonds. The number of carboxylic acids is 1. The summed E-state index contributed by atoms with van der Waals surface area (Å²) >= 11 is 1.46. The van der Waals surface area contributed by atoms with Gasteiger partial charge in [-0.2, -0.15) is 0 Å². The van der Waals surface area contributed by atoms with Gasteiger partial charge in [-0.1, -0.05) is 0 Å². The minimum atomic E-state index is -1.03. The van der Waals surface area contributed by atoms with E-state index < -0.39 is 5.97 Å². The fraction of sp³-hybridized carbons (Fsp3) is 0.400. The Labute approximate surface area is 97.8 Å². The van der Waals surface area contributed by atoms with Gasteiger partial charge in [-0.3, -0.25) is 0 Å². The maximum absolute atomic E-state index is 10.7. The number of nitrogens with zero attached hydrogens (tertiary/aromatic N) is 1. The Bertz CT molecular complexity index is 354. The SMILES string of the molecule is COC(CSc1ccnc(C(=O)O)c1)OC. The van der Waals surface area contributed by atoms with Crippen LogP contribution in [0.5, 0.6) is 0 Å². The number of carbonyl (C=O) groups is 1. The second kappa shape index (κ2) is 6.47. The summed E-state index contributed by atoms with van der Waals surface area (Å²) in [6.07, 6.45) is 1.17. The molecule has 5 nitrogen and oxygen atoms in total. The number of aromatic nitrogens is 1. The van der Waals surface area contributed by atoms with Gasteiger partial charge >= 0.3 is 5.97 Å². The molecular weight excluding hydrogens is 230 g/mol. The Morgan fingerprint density at radius 1 is 1.56 bits per heavy atom. The number of carboxylic acid groups (broad SMARTS) is 1. The van der Waals surface area contributed by atoms with Gasteiger partial charge in [-0.15, -0.1) is 11.8 Å². The van der Waals surface area contributed by atoms with Crippen LogP contribution in [0.25, 0.3) is 0 Å². The zero-order valence-electron chi connectivity index (χ0n) is 9.04.